The summed E-state index contributed by atoms with van der Waals surface area (Å²) in [6.45, 7) is 1.77. The zero-order valence-corrected chi connectivity index (χ0v) is 10.1. The topological polar surface area (TPSA) is 74.7 Å². The molecule has 16 heavy (non-hydrogen) atoms. The van der Waals surface area contributed by atoms with Crippen molar-refractivity contribution in [2.75, 3.05) is 6.54 Å². The second-order valence-corrected chi connectivity index (χ2v) is 6.98. The minimum absolute atomic E-state index is 0.0624. The van der Waals surface area contributed by atoms with Crippen molar-refractivity contribution < 1.29 is 18.3 Å². The Morgan fingerprint density at radius 2 is 1.94 bits per heavy atom. The smallest absolute Gasteiger partial charge is 0.323 e. The Morgan fingerprint density at radius 3 is 2.31 bits per heavy atom. The van der Waals surface area contributed by atoms with E-state index in [0.717, 1.165) is 25.7 Å². The maximum Gasteiger partial charge on any atom is 0.323 e. The maximum atomic E-state index is 12.1. The number of hydrogen-bond acceptors (Lipinski definition) is 3. The molecule has 0 radical (unpaired) electrons. The second-order valence-electron chi connectivity index (χ2n) is 4.77. The number of carboxylic acid groups (broad SMARTS) is 1. The van der Waals surface area contributed by atoms with Crippen LogP contribution in [0.25, 0.3) is 0 Å². The first-order valence-electron chi connectivity index (χ1n) is 5.66. The average Bonchev–Trinajstić information content (AvgIpc) is 3.03. The third-order valence-corrected chi connectivity index (χ3v) is 5.41. The van der Waals surface area contributed by atoms with Gasteiger partial charge in [-0.15, -0.1) is 0 Å². The molecule has 2 rings (SSSR count). The first-order valence-corrected chi connectivity index (χ1v) is 7.16. The molecule has 1 N–H and O–H groups in total. The molecular formula is C10H17NO4S. The van der Waals surface area contributed by atoms with E-state index in [1.165, 1.54) is 11.2 Å². The largest absolute Gasteiger partial charge is 0.480 e. The third kappa shape index (κ3) is 2.38. The molecule has 0 aromatic heterocycles. The molecule has 0 aromatic rings. The molecule has 1 unspecified atom stereocenters. The molecular weight excluding hydrogens is 230 g/mol. The monoisotopic (exact) mass is 247 g/mol. The van der Waals surface area contributed by atoms with E-state index >= 15 is 0 Å². The Bertz CT molecular complexity index is 384. The van der Waals surface area contributed by atoms with Gasteiger partial charge in [-0.25, -0.2) is 8.42 Å². The van der Waals surface area contributed by atoms with E-state index in [2.05, 4.69) is 0 Å². The molecule has 2 fully saturated rings. The van der Waals surface area contributed by atoms with Crippen LogP contribution in [0.3, 0.4) is 0 Å². The molecule has 0 heterocycles. The van der Waals surface area contributed by atoms with Gasteiger partial charge in [-0.05, 0) is 38.5 Å². The lowest BCUT2D eigenvalue weighted by Gasteiger charge is -2.23. The quantitative estimate of drug-likeness (QED) is 0.748. The lowest BCUT2D eigenvalue weighted by atomic mass is 10.4. The zero-order valence-electron chi connectivity index (χ0n) is 9.30. The molecule has 6 heteroatoms. The molecule has 0 aliphatic heterocycles. The first-order chi connectivity index (χ1) is 7.43. The highest BCUT2D eigenvalue weighted by Crippen LogP contribution is 2.37. The Hall–Kier alpha value is -0.620. The van der Waals surface area contributed by atoms with Gasteiger partial charge in [-0.2, -0.15) is 4.31 Å². The van der Waals surface area contributed by atoms with Crippen LogP contribution in [0.15, 0.2) is 0 Å². The summed E-state index contributed by atoms with van der Waals surface area (Å²) >= 11 is 0. The summed E-state index contributed by atoms with van der Waals surface area (Å²) < 4.78 is 25.6. The van der Waals surface area contributed by atoms with Gasteiger partial charge < -0.3 is 5.11 Å². The summed E-state index contributed by atoms with van der Waals surface area (Å²) in [7, 11) is -3.66. The standard InChI is InChI=1S/C10H17NO4S/c1-7(10(12)13)16(14,15)11(9-4-5-9)6-8-2-3-8/h7-9H,2-6H2,1H3,(H,12,13). The fourth-order valence-corrected chi connectivity index (χ4v) is 3.41. The van der Waals surface area contributed by atoms with Crippen LogP contribution in [0.4, 0.5) is 0 Å². The van der Waals surface area contributed by atoms with E-state index in [1.54, 1.807) is 0 Å². The molecule has 2 aliphatic rings. The minimum Gasteiger partial charge on any atom is -0.480 e. The SMILES string of the molecule is CC(C(=O)O)S(=O)(=O)N(CC1CC1)C1CC1. The van der Waals surface area contributed by atoms with Crippen molar-refractivity contribution >= 4 is 16.0 Å². The van der Waals surface area contributed by atoms with Crippen molar-refractivity contribution in [1.82, 2.24) is 4.31 Å². The van der Waals surface area contributed by atoms with Crippen LogP contribution in [0.1, 0.15) is 32.6 Å². The van der Waals surface area contributed by atoms with Crippen molar-refractivity contribution in [2.45, 2.75) is 43.9 Å². The molecule has 0 amide bonds. The molecule has 2 aliphatic carbocycles. The van der Waals surface area contributed by atoms with Crippen molar-refractivity contribution in [2.24, 2.45) is 5.92 Å². The molecule has 0 bridgehead atoms. The number of carboxylic acids is 1. The summed E-state index contributed by atoms with van der Waals surface area (Å²) in [5.41, 5.74) is 0. The van der Waals surface area contributed by atoms with Gasteiger partial charge in [0.15, 0.2) is 5.25 Å². The van der Waals surface area contributed by atoms with Crippen LogP contribution in [-0.4, -0.2) is 41.6 Å². The number of nitrogens with zero attached hydrogens (tertiary/aromatic N) is 1. The van der Waals surface area contributed by atoms with Gasteiger partial charge in [0.25, 0.3) is 0 Å². The fraction of sp³-hybridized carbons (Fsp3) is 0.900. The van der Waals surface area contributed by atoms with Crippen molar-refractivity contribution in [1.29, 1.82) is 0 Å². The molecule has 0 spiro atoms. The summed E-state index contributed by atoms with van der Waals surface area (Å²) in [5, 5.41) is 7.49. The average molecular weight is 247 g/mol. The van der Waals surface area contributed by atoms with E-state index < -0.39 is 21.2 Å². The van der Waals surface area contributed by atoms with E-state index in [-0.39, 0.29) is 6.04 Å². The molecule has 2 saturated carbocycles. The Morgan fingerprint density at radius 1 is 1.38 bits per heavy atom. The van der Waals surface area contributed by atoms with Gasteiger partial charge in [0.05, 0.1) is 0 Å². The van der Waals surface area contributed by atoms with Crippen LogP contribution in [0.2, 0.25) is 0 Å². The van der Waals surface area contributed by atoms with Gasteiger partial charge >= 0.3 is 5.97 Å². The highest BCUT2D eigenvalue weighted by atomic mass is 32.2. The lowest BCUT2D eigenvalue weighted by molar-refractivity contribution is -0.136. The molecule has 0 saturated heterocycles. The number of sulfonamides is 1. The van der Waals surface area contributed by atoms with Gasteiger partial charge in [-0.3, -0.25) is 4.79 Å². The van der Waals surface area contributed by atoms with Crippen LogP contribution in [0, 0.1) is 5.92 Å². The van der Waals surface area contributed by atoms with Gasteiger partial charge in [0, 0.05) is 12.6 Å². The first kappa shape index (κ1) is 11.9. The Labute approximate surface area is 95.5 Å². The van der Waals surface area contributed by atoms with E-state index in [0.29, 0.717) is 12.5 Å². The fourth-order valence-electron chi connectivity index (χ4n) is 1.71. The van der Waals surface area contributed by atoms with E-state index in [4.69, 9.17) is 5.11 Å². The summed E-state index contributed by atoms with van der Waals surface area (Å²) in [5.74, 6) is -0.808. The van der Waals surface area contributed by atoms with Gasteiger partial charge in [0.1, 0.15) is 0 Å². The minimum atomic E-state index is -3.66. The zero-order chi connectivity index (χ0) is 11.9. The molecule has 92 valence electrons. The van der Waals surface area contributed by atoms with Gasteiger partial charge in [-0.1, -0.05) is 0 Å². The highest BCUT2D eigenvalue weighted by Gasteiger charge is 2.44. The van der Waals surface area contributed by atoms with Crippen molar-refractivity contribution in [3.05, 3.63) is 0 Å². The number of hydrogen-bond donors (Lipinski definition) is 1. The number of aliphatic carboxylic acids is 1. The Balaban J connectivity index is 2.13. The maximum absolute atomic E-state index is 12.1. The second kappa shape index (κ2) is 4.00. The number of carbonyl (C=O) groups is 1. The molecule has 0 aromatic carbocycles. The number of rotatable bonds is 6. The van der Waals surface area contributed by atoms with E-state index in [1.807, 2.05) is 0 Å². The molecule has 1 atom stereocenters. The van der Waals surface area contributed by atoms with Gasteiger partial charge in [0.2, 0.25) is 10.0 Å². The normalized spacial score (nSPS) is 23.4. The van der Waals surface area contributed by atoms with Crippen LogP contribution in [-0.2, 0) is 14.8 Å². The predicted octanol–water partition coefficient (Wildman–Crippen LogP) is 0.664. The van der Waals surface area contributed by atoms with Crippen molar-refractivity contribution in [3.63, 3.8) is 0 Å². The summed E-state index contributed by atoms with van der Waals surface area (Å²) in [6.07, 6.45) is 3.89. The van der Waals surface area contributed by atoms with E-state index in [9.17, 15) is 13.2 Å². The van der Waals surface area contributed by atoms with Crippen LogP contribution >= 0.6 is 0 Å². The van der Waals surface area contributed by atoms with Crippen LogP contribution in [0.5, 0.6) is 0 Å². The molecule has 5 nitrogen and oxygen atoms in total. The predicted molar refractivity (Wildman–Crippen MR) is 58.5 cm³/mol. The van der Waals surface area contributed by atoms with Crippen LogP contribution < -0.4 is 0 Å². The third-order valence-electron chi connectivity index (χ3n) is 3.21. The summed E-state index contributed by atoms with van der Waals surface area (Å²) in [6, 6.07) is 0.0624. The highest BCUT2D eigenvalue weighted by molar-refractivity contribution is 7.90. The lowest BCUT2D eigenvalue weighted by Crippen LogP contribution is -2.43. The summed E-state index contributed by atoms with van der Waals surface area (Å²) in [4.78, 5) is 10.8. The van der Waals surface area contributed by atoms with Crippen molar-refractivity contribution in [3.8, 4) is 0 Å². The Kier molecular flexibility index (Phi) is 2.96.